The number of hydrogen-bond acceptors (Lipinski definition) is 3. The molecule has 1 aromatic rings. The number of anilines is 1. The lowest BCUT2D eigenvalue weighted by atomic mass is 10.2. The zero-order chi connectivity index (χ0) is 10.7. The molecule has 0 saturated carbocycles. The molecule has 1 aromatic carbocycles. The van der Waals surface area contributed by atoms with Gasteiger partial charge in [-0.15, -0.1) is 0 Å². The molecule has 1 rings (SSSR count). The number of hydrogen-bond donors (Lipinski definition) is 2. The van der Waals surface area contributed by atoms with Crippen LogP contribution in [0.4, 0.5) is 5.69 Å². The molecule has 0 spiro atoms. The molecular weight excluding hydrogens is 182 g/mol. The second kappa shape index (κ2) is 4.00. The first-order valence-corrected chi connectivity index (χ1v) is 4.26. The molecule has 4 nitrogen and oxygen atoms in total. The summed E-state index contributed by atoms with van der Waals surface area (Å²) in [7, 11) is 0. The third-order valence-electron chi connectivity index (χ3n) is 1.85. The van der Waals surface area contributed by atoms with Crippen LogP contribution in [-0.2, 0) is 4.79 Å². The topological polar surface area (TPSA) is 72.5 Å². The SMILES string of the molecule is Cc1cc(N)ccc1OC(C)C(=O)O. The number of nitrogens with two attached hydrogens (primary N) is 1. The van der Waals surface area contributed by atoms with Gasteiger partial charge in [0.05, 0.1) is 0 Å². The quantitative estimate of drug-likeness (QED) is 0.715. The number of nitrogen functional groups attached to an aromatic ring is 1. The molecule has 0 radical (unpaired) electrons. The van der Waals surface area contributed by atoms with E-state index in [2.05, 4.69) is 0 Å². The Kier molecular flexibility index (Phi) is 2.96. The van der Waals surface area contributed by atoms with E-state index in [1.165, 1.54) is 6.92 Å². The summed E-state index contributed by atoms with van der Waals surface area (Å²) in [6.45, 7) is 3.30. The molecule has 0 aliphatic heterocycles. The summed E-state index contributed by atoms with van der Waals surface area (Å²) in [5, 5.41) is 8.64. The number of ether oxygens (including phenoxy) is 1. The molecule has 76 valence electrons. The Hall–Kier alpha value is -1.71. The van der Waals surface area contributed by atoms with E-state index in [0.29, 0.717) is 11.4 Å². The number of aliphatic carboxylic acids is 1. The third-order valence-corrected chi connectivity index (χ3v) is 1.85. The molecular formula is C10H13NO3. The minimum Gasteiger partial charge on any atom is -0.479 e. The molecule has 0 fully saturated rings. The van der Waals surface area contributed by atoms with Crippen molar-refractivity contribution in [1.29, 1.82) is 0 Å². The van der Waals surface area contributed by atoms with Crippen LogP contribution < -0.4 is 10.5 Å². The van der Waals surface area contributed by atoms with Crippen molar-refractivity contribution in [3.63, 3.8) is 0 Å². The fraction of sp³-hybridized carbons (Fsp3) is 0.300. The normalized spacial score (nSPS) is 12.1. The highest BCUT2D eigenvalue weighted by Gasteiger charge is 2.13. The van der Waals surface area contributed by atoms with Crippen LogP contribution in [0.1, 0.15) is 12.5 Å². The van der Waals surface area contributed by atoms with E-state index < -0.39 is 12.1 Å². The Labute approximate surface area is 82.3 Å². The predicted molar refractivity (Wildman–Crippen MR) is 53.3 cm³/mol. The summed E-state index contributed by atoms with van der Waals surface area (Å²) < 4.78 is 5.21. The fourth-order valence-corrected chi connectivity index (χ4v) is 1.05. The van der Waals surface area contributed by atoms with Gasteiger partial charge in [0.1, 0.15) is 5.75 Å². The van der Waals surface area contributed by atoms with Crippen LogP contribution in [-0.4, -0.2) is 17.2 Å². The largest absolute Gasteiger partial charge is 0.479 e. The molecule has 0 saturated heterocycles. The maximum atomic E-state index is 10.5. The lowest BCUT2D eigenvalue weighted by molar-refractivity contribution is -0.144. The highest BCUT2D eigenvalue weighted by Crippen LogP contribution is 2.21. The molecule has 0 aromatic heterocycles. The molecule has 0 heterocycles. The number of benzene rings is 1. The smallest absolute Gasteiger partial charge is 0.344 e. The zero-order valence-electron chi connectivity index (χ0n) is 8.15. The van der Waals surface area contributed by atoms with Crippen molar-refractivity contribution in [2.75, 3.05) is 5.73 Å². The van der Waals surface area contributed by atoms with Crippen LogP contribution in [0.5, 0.6) is 5.75 Å². The Bertz CT molecular complexity index is 349. The lowest BCUT2D eigenvalue weighted by Gasteiger charge is -2.12. The molecule has 0 aliphatic carbocycles. The average molecular weight is 195 g/mol. The second-order valence-corrected chi connectivity index (χ2v) is 3.12. The molecule has 14 heavy (non-hydrogen) atoms. The third kappa shape index (κ3) is 2.39. The fourth-order valence-electron chi connectivity index (χ4n) is 1.05. The molecule has 3 N–H and O–H groups in total. The number of aryl methyl sites for hydroxylation is 1. The number of carbonyl (C=O) groups is 1. The van der Waals surface area contributed by atoms with Gasteiger partial charge in [-0.05, 0) is 37.6 Å². The summed E-state index contributed by atoms with van der Waals surface area (Å²) >= 11 is 0. The van der Waals surface area contributed by atoms with Crippen LogP contribution >= 0.6 is 0 Å². The highest BCUT2D eigenvalue weighted by atomic mass is 16.5. The van der Waals surface area contributed by atoms with E-state index in [1.807, 2.05) is 6.92 Å². The first-order chi connectivity index (χ1) is 6.50. The molecule has 0 bridgehead atoms. The van der Waals surface area contributed by atoms with Crippen LogP contribution in [0.3, 0.4) is 0 Å². The Morgan fingerprint density at radius 2 is 2.21 bits per heavy atom. The summed E-state index contributed by atoms with van der Waals surface area (Å²) in [4.78, 5) is 10.5. The molecule has 0 amide bonds. The van der Waals surface area contributed by atoms with E-state index >= 15 is 0 Å². The van der Waals surface area contributed by atoms with Crippen molar-refractivity contribution in [3.05, 3.63) is 23.8 Å². The van der Waals surface area contributed by atoms with Crippen molar-refractivity contribution in [2.24, 2.45) is 0 Å². The summed E-state index contributed by atoms with van der Waals surface area (Å²) in [5.41, 5.74) is 7.01. The van der Waals surface area contributed by atoms with Crippen LogP contribution in [0.25, 0.3) is 0 Å². The highest BCUT2D eigenvalue weighted by molar-refractivity contribution is 5.72. The summed E-state index contributed by atoms with van der Waals surface area (Å²) in [6, 6.07) is 5.09. The maximum absolute atomic E-state index is 10.5. The zero-order valence-corrected chi connectivity index (χ0v) is 8.15. The predicted octanol–water partition coefficient (Wildman–Crippen LogP) is 1.43. The average Bonchev–Trinajstić information content (AvgIpc) is 2.09. The summed E-state index contributed by atoms with van der Waals surface area (Å²) in [6.07, 6.45) is -0.850. The Morgan fingerprint density at radius 3 is 2.71 bits per heavy atom. The molecule has 0 aliphatic rings. The van der Waals surface area contributed by atoms with E-state index in [9.17, 15) is 4.79 Å². The van der Waals surface area contributed by atoms with Crippen molar-refractivity contribution in [3.8, 4) is 5.75 Å². The number of rotatable bonds is 3. The first-order valence-electron chi connectivity index (χ1n) is 4.26. The van der Waals surface area contributed by atoms with Gasteiger partial charge in [0.2, 0.25) is 0 Å². The van der Waals surface area contributed by atoms with Gasteiger partial charge >= 0.3 is 5.97 Å². The van der Waals surface area contributed by atoms with E-state index in [1.54, 1.807) is 18.2 Å². The first kappa shape index (κ1) is 10.4. The Morgan fingerprint density at radius 1 is 1.57 bits per heavy atom. The van der Waals surface area contributed by atoms with Gasteiger partial charge in [-0.25, -0.2) is 4.79 Å². The van der Waals surface area contributed by atoms with Gasteiger partial charge < -0.3 is 15.6 Å². The minimum absolute atomic E-state index is 0.550. The van der Waals surface area contributed by atoms with Crippen molar-refractivity contribution in [1.82, 2.24) is 0 Å². The second-order valence-electron chi connectivity index (χ2n) is 3.12. The standard InChI is InChI=1S/C10H13NO3/c1-6-5-8(11)3-4-9(6)14-7(2)10(12)13/h3-5,7H,11H2,1-2H3,(H,12,13). The van der Waals surface area contributed by atoms with E-state index in [-0.39, 0.29) is 0 Å². The molecule has 1 unspecified atom stereocenters. The monoisotopic (exact) mass is 195 g/mol. The number of carboxylic acids is 1. The maximum Gasteiger partial charge on any atom is 0.344 e. The van der Waals surface area contributed by atoms with Gasteiger partial charge in [0.15, 0.2) is 6.10 Å². The minimum atomic E-state index is -0.985. The van der Waals surface area contributed by atoms with Crippen molar-refractivity contribution in [2.45, 2.75) is 20.0 Å². The van der Waals surface area contributed by atoms with Crippen LogP contribution in [0.15, 0.2) is 18.2 Å². The van der Waals surface area contributed by atoms with E-state index in [0.717, 1.165) is 5.56 Å². The summed E-state index contributed by atoms with van der Waals surface area (Å²) in [5.74, 6) is -0.435. The van der Waals surface area contributed by atoms with Gasteiger partial charge in [-0.2, -0.15) is 0 Å². The van der Waals surface area contributed by atoms with Crippen LogP contribution in [0, 0.1) is 6.92 Å². The number of carboxylic acid groups (broad SMARTS) is 1. The van der Waals surface area contributed by atoms with Gasteiger partial charge in [-0.1, -0.05) is 0 Å². The molecule has 1 atom stereocenters. The van der Waals surface area contributed by atoms with Gasteiger partial charge in [0.25, 0.3) is 0 Å². The van der Waals surface area contributed by atoms with Gasteiger partial charge in [0, 0.05) is 5.69 Å². The van der Waals surface area contributed by atoms with Crippen molar-refractivity contribution < 1.29 is 14.6 Å². The Balaban J connectivity index is 2.82. The van der Waals surface area contributed by atoms with E-state index in [4.69, 9.17) is 15.6 Å². The lowest BCUT2D eigenvalue weighted by Crippen LogP contribution is -2.23. The van der Waals surface area contributed by atoms with Crippen LogP contribution in [0.2, 0.25) is 0 Å². The van der Waals surface area contributed by atoms with Gasteiger partial charge in [-0.3, -0.25) is 0 Å². The molecule has 4 heteroatoms. The van der Waals surface area contributed by atoms with Crippen molar-refractivity contribution >= 4 is 11.7 Å².